The van der Waals surface area contributed by atoms with Gasteiger partial charge in [0.05, 0.1) is 0 Å². The Morgan fingerprint density at radius 3 is 2.16 bits per heavy atom. The molecule has 0 aromatic heterocycles. The van der Waals surface area contributed by atoms with Crippen LogP contribution in [0.4, 0.5) is 0 Å². The molecule has 0 spiro atoms. The third-order valence-corrected chi connectivity index (χ3v) is 13.1. The van der Waals surface area contributed by atoms with Crippen LogP contribution >= 0.6 is 0 Å². The van der Waals surface area contributed by atoms with Gasteiger partial charge in [0.1, 0.15) is 0 Å². The van der Waals surface area contributed by atoms with Crippen molar-refractivity contribution < 1.29 is 0 Å². The van der Waals surface area contributed by atoms with E-state index < -0.39 is 0 Å². The average Bonchev–Trinajstić information content (AvgIpc) is 3.25. The highest BCUT2D eigenvalue weighted by Gasteiger charge is 2.67. The molecule has 0 amide bonds. The van der Waals surface area contributed by atoms with Crippen LogP contribution in [0.15, 0.2) is 0 Å². The van der Waals surface area contributed by atoms with Crippen molar-refractivity contribution in [3.05, 3.63) is 0 Å². The van der Waals surface area contributed by atoms with Crippen molar-refractivity contribution in [3.63, 3.8) is 0 Å². The number of fused-ring (bicyclic) bond motifs is 5. The molecule has 0 aromatic rings. The predicted molar refractivity (Wildman–Crippen MR) is 160 cm³/mol. The van der Waals surface area contributed by atoms with E-state index in [1.807, 2.05) is 0 Å². The van der Waals surface area contributed by atoms with E-state index in [0.29, 0.717) is 16.4 Å². The molecule has 4 nitrogen and oxygen atoms in total. The molecule has 4 aliphatic carbocycles. The number of hydrogen-bond acceptors (Lipinski definition) is 4. The van der Waals surface area contributed by atoms with Gasteiger partial charge in [-0.15, -0.1) is 0 Å². The molecule has 37 heavy (non-hydrogen) atoms. The van der Waals surface area contributed by atoms with E-state index in [-0.39, 0.29) is 0 Å². The quantitative estimate of drug-likeness (QED) is 0.203. The summed E-state index contributed by atoms with van der Waals surface area (Å²) in [6.07, 6.45) is 19.6. The van der Waals surface area contributed by atoms with E-state index in [1.54, 1.807) is 0 Å². The number of hydrogen-bond donors (Lipinski definition) is 4. The summed E-state index contributed by atoms with van der Waals surface area (Å²) in [6.45, 7) is 16.1. The Morgan fingerprint density at radius 1 is 0.784 bits per heavy atom. The second-order valence-corrected chi connectivity index (χ2v) is 14.5. The third kappa shape index (κ3) is 5.70. The molecule has 4 rings (SSSR count). The lowest BCUT2D eigenvalue weighted by molar-refractivity contribution is -0.171. The largest absolute Gasteiger partial charge is 0.330 e. The van der Waals surface area contributed by atoms with Crippen molar-refractivity contribution >= 4 is 0 Å². The monoisotopic (exact) mass is 517 g/mol. The maximum absolute atomic E-state index is 5.55. The lowest BCUT2D eigenvalue weighted by Gasteiger charge is -2.68. The van der Waals surface area contributed by atoms with Crippen LogP contribution in [0, 0.1) is 46.3 Å². The minimum Gasteiger partial charge on any atom is -0.330 e. The Hall–Kier alpha value is -0.160. The standard InChI is InChI=1S/C33H64N4/c1-25(12-9-23-36-21-6-7-22-37-24-10-20-34)27-15-18-31(3)29(27)13-14-30-32(31,4)19-16-28-26(2)11-8-17-33(28,30)35-5/h25-30,35-37H,6-24,34H2,1-5H3. The first-order valence-corrected chi connectivity index (χ1v) is 16.6. The summed E-state index contributed by atoms with van der Waals surface area (Å²) in [4.78, 5) is 0. The van der Waals surface area contributed by atoms with E-state index >= 15 is 0 Å². The van der Waals surface area contributed by atoms with Crippen LogP contribution in [0.5, 0.6) is 0 Å². The van der Waals surface area contributed by atoms with Gasteiger partial charge in [-0.25, -0.2) is 0 Å². The van der Waals surface area contributed by atoms with Crippen LogP contribution < -0.4 is 21.7 Å². The van der Waals surface area contributed by atoms with Crippen molar-refractivity contribution in [3.8, 4) is 0 Å². The fourth-order valence-corrected chi connectivity index (χ4v) is 10.9. The predicted octanol–water partition coefficient (Wildman–Crippen LogP) is 6.35. The summed E-state index contributed by atoms with van der Waals surface area (Å²) >= 11 is 0. The summed E-state index contributed by atoms with van der Waals surface area (Å²) in [5.74, 6) is 5.47. The van der Waals surface area contributed by atoms with Gasteiger partial charge in [-0.1, -0.05) is 40.5 Å². The van der Waals surface area contributed by atoms with Gasteiger partial charge in [0.2, 0.25) is 0 Å². The van der Waals surface area contributed by atoms with Gasteiger partial charge in [0.25, 0.3) is 0 Å². The molecule has 9 unspecified atom stereocenters. The topological polar surface area (TPSA) is 62.1 Å². The zero-order valence-electron chi connectivity index (χ0n) is 25.5. The molecule has 0 radical (unpaired) electrons. The SMILES string of the molecule is CNC12CCCC(C)C1CCC1(C)C2CCC2C(C(C)CCCNCCCCNCCCN)CCC21C. The van der Waals surface area contributed by atoms with E-state index in [9.17, 15) is 0 Å². The first-order chi connectivity index (χ1) is 17.8. The lowest BCUT2D eigenvalue weighted by Crippen LogP contribution is -2.69. The van der Waals surface area contributed by atoms with Gasteiger partial charge in [0.15, 0.2) is 0 Å². The highest BCUT2D eigenvalue weighted by atomic mass is 15.0. The zero-order valence-corrected chi connectivity index (χ0v) is 25.5. The summed E-state index contributed by atoms with van der Waals surface area (Å²) in [5.41, 5.74) is 7.02. The molecule has 0 saturated heterocycles. The highest BCUT2D eigenvalue weighted by molar-refractivity contribution is 5.19. The normalized spacial score (nSPS) is 42.2. The van der Waals surface area contributed by atoms with E-state index in [1.165, 1.54) is 96.6 Å². The molecule has 4 heteroatoms. The summed E-state index contributed by atoms with van der Waals surface area (Å²) in [6, 6.07) is 0. The smallest absolute Gasteiger partial charge is 0.0242 e. The molecule has 0 heterocycles. The molecular formula is C33H64N4. The van der Waals surface area contributed by atoms with Crippen molar-refractivity contribution in [2.45, 2.75) is 123 Å². The number of nitrogens with two attached hydrogens (primary N) is 1. The Labute approximate surface area is 230 Å². The van der Waals surface area contributed by atoms with Crippen LogP contribution in [-0.2, 0) is 0 Å². The van der Waals surface area contributed by atoms with Crippen LogP contribution in [0.2, 0.25) is 0 Å². The second-order valence-electron chi connectivity index (χ2n) is 14.5. The average molecular weight is 517 g/mol. The summed E-state index contributed by atoms with van der Waals surface area (Å²) < 4.78 is 0. The molecular weight excluding hydrogens is 452 g/mol. The Bertz CT molecular complexity index is 698. The van der Waals surface area contributed by atoms with E-state index in [4.69, 9.17) is 5.73 Å². The fraction of sp³-hybridized carbons (Fsp3) is 1.00. The lowest BCUT2D eigenvalue weighted by atomic mass is 9.38. The maximum atomic E-state index is 5.55. The van der Waals surface area contributed by atoms with Gasteiger partial charge in [-0.05, 0) is 163 Å². The molecule has 4 aliphatic rings. The molecule has 216 valence electrons. The molecule has 5 N–H and O–H groups in total. The number of rotatable bonds is 14. The second kappa shape index (κ2) is 13.0. The molecule has 9 atom stereocenters. The Balaban J connectivity index is 1.26. The van der Waals surface area contributed by atoms with Crippen LogP contribution in [0.1, 0.15) is 118 Å². The first-order valence-electron chi connectivity index (χ1n) is 16.6. The van der Waals surface area contributed by atoms with Crippen molar-refractivity contribution in [1.82, 2.24) is 16.0 Å². The van der Waals surface area contributed by atoms with Crippen LogP contribution in [0.25, 0.3) is 0 Å². The Kier molecular flexibility index (Phi) is 10.5. The van der Waals surface area contributed by atoms with Gasteiger partial charge < -0.3 is 21.7 Å². The van der Waals surface area contributed by atoms with E-state index in [0.717, 1.165) is 61.6 Å². The molecule has 0 bridgehead atoms. The molecule has 4 saturated carbocycles. The highest BCUT2D eigenvalue weighted by Crippen LogP contribution is 2.72. The summed E-state index contributed by atoms with van der Waals surface area (Å²) in [5, 5.41) is 11.3. The van der Waals surface area contributed by atoms with Crippen LogP contribution in [0.3, 0.4) is 0 Å². The maximum Gasteiger partial charge on any atom is 0.0242 e. The fourth-order valence-electron chi connectivity index (χ4n) is 10.9. The number of unbranched alkanes of at least 4 members (excludes halogenated alkanes) is 1. The van der Waals surface area contributed by atoms with Gasteiger partial charge in [-0.2, -0.15) is 0 Å². The van der Waals surface area contributed by atoms with Gasteiger partial charge in [0, 0.05) is 5.54 Å². The van der Waals surface area contributed by atoms with Crippen LogP contribution in [-0.4, -0.2) is 45.3 Å². The molecule has 0 aliphatic heterocycles. The number of nitrogens with one attached hydrogen (secondary N) is 3. The molecule has 0 aromatic carbocycles. The summed E-state index contributed by atoms with van der Waals surface area (Å²) in [7, 11) is 2.32. The van der Waals surface area contributed by atoms with Crippen molar-refractivity contribution in [2.75, 3.05) is 39.8 Å². The minimum absolute atomic E-state index is 0.411. The van der Waals surface area contributed by atoms with Gasteiger partial charge in [-0.3, -0.25) is 0 Å². The minimum atomic E-state index is 0.411. The van der Waals surface area contributed by atoms with E-state index in [2.05, 4.69) is 50.7 Å². The van der Waals surface area contributed by atoms with Crippen molar-refractivity contribution in [2.24, 2.45) is 52.1 Å². The molecule has 4 fully saturated rings. The van der Waals surface area contributed by atoms with Crippen molar-refractivity contribution in [1.29, 1.82) is 0 Å². The third-order valence-electron chi connectivity index (χ3n) is 13.1. The zero-order chi connectivity index (χ0) is 26.5. The Morgan fingerprint density at radius 2 is 1.46 bits per heavy atom. The van der Waals surface area contributed by atoms with Gasteiger partial charge >= 0.3 is 0 Å². The first kappa shape index (κ1) is 29.8.